The predicted octanol–water partition coefficient (Wildman–Crippen LogP) is 3.50. The third kappa shape index (κ3) is 6.35. The molecule has 1 amide bonds. The molecular weight excluding hydrogens is 222 g/mol. The number of carbonyl (C=O) groups excluding carboxylic acids is 1. The Kier molecular flexibility index (Phi) is 8.43. The van der Waals surface area contributed by atoms with Gasteiger partial charge in [0.15, 0.2) is 0 Å². The van der Waals surface area contributed by atoms with Crippen molar-refractivity contribution in [2.45, 2.75) is 20.8 Å². The van der Waals surface area contributed by atoms with Crippen LogP contribution in [0.25, 0.3) is 0 Å². The Hall–Kier alpha value is -1.16. The summed E-state index contributed by atoms with van der Waals surface area (Å²) in [6, 6.07) is 7.53. The summed E-state index contributed by atoms with van der Waals surface area (Å²) in [6.07, 6.45) is -0.440. The number of carbonyl (C=O) groups is 1. The van der Waals surface area contributed by atoms with Crippen LogP contribution in [0.2, 0.25) is 0 Å². The van der Waals surface area contributed by atoms with Crippen molar-refractivity contribution in [2.75, 3.05) is 17.7 Å². The van der Waals surface area contributed by atoms with Crippen LogP contribution in [-0.4, -0.2) is 18.5 Å². The minimum atomic E-state index is -0.440. The minimum absolute atomic E-state index is 0.320. The number of hydrogen-bond donors (Lipinski definition) is 2. The molecule has 0 heterocycles. The summed E-state index contributed by atoms with van der Waals surface area (Å²) >= 11 is 3.93. The van der Waals surface area contributed by atoms with E-state index in [1.165, 1.54) is 0 Å². The fourth-order valence-corrected chi connectivity index (χ4v) is 1.11. The third-order valence-electron chi connectivity index (χ3n) is 1.59. The predicted molar refractivity (Wildman–Crippen MR) is 71.4 cm³/mol. The van der Waals surface area contributed by atoms with Crippen LogP contribution < -0.4 is 5.32 Å². The molecule has 4 heteroatoms. The molecule has 0 aromatic heterocycles. The first kappa shape index (κ1) is 14.8. The Morgan fingerprint density at radius 3 is 2.69 bits per heavy atom. The quantitative estimate of drug-likeness (QED) is 0.795. The number of nitrogens with one attached hydrogen (secondary N) is 1. The first-order chi connectivity index (χ1) is 7.72. The van der Waals surface area contributed by atoms with E-state index in [-0.39, 0.29) is 0 Å². The maximum Gasteiger partial charge on any atom is 0.411 e. The van der Waals surface area contributed by atoms with Gasteiger partial charge in [-0.2, -0.15) is 12.6 Å². The molecule has 0 bridgehead atoms. The number of benzene rings is 1. The van der Waals surface area contributed by atoms with Gasteiger partial charge in [0.25, 0.3) is 0 Å². The van der Waals surface area contributed by atoms with Gasteiger partial charge in [-0.3, -0.25) is 5.32 Å². The molecule has 90 valence electrons. The van der Waals surface area contributed by atoms with Crippen molar-refractivity contribution in [3.05, 3.63) is 29.8 Å². The molecule has 0 aliphatic carbocycles. The highest BCUT2D eigenvalue weighted by molar-refractivity contribution is 7.80. The van der Waals surface area contributed by atoms with Crippen LogP contribution >= 0.6 is 12.6 Å². The summed E-state index contributed by atoms with van der Waals surface area (Å²) in [5.41, 5.74) is 1.84. The van der Waals surface area contributed by atoms with Crippen LogP contribution in [0.1, 0.15) is 19.4 Å². The SMILES string of the molecule is CC.Cc1cccc(NC(=O)OCCS)c1. The van der Waals surface area contributed by atoms with Gasteiger partial charge in [0, 0.05) is 11.4 Å². The van der Waals surface area contributed by atoms with Gasteiger partial charge >= 0.3 is 6.09 Å². The van der Waals surface area contributed by atoms with Crippen molar-refractivity contribution >= 4 is 24.4 Å². The monoisotopic (exact) mass is 241 g/mol. The largest absolute Gasteiger partial charge is 0.448 e. The van der Waals surface area contributed by atoms with E-state index >= 15 is 0 Å². The summed E-state index contributed by atoms with van der Waals surface area (Å²) in [7, 11) is 0. The Bertz CT molecular complexity index is 316. The molecule has 1 aromatic rings. The second-order valence-corrected chi connectivity index (χ2v) is 3.30. The van der Waals surface area contributed by atoms with Crippen molar-refractivity contribution < 1.29 is 9.53 Å². The average Bonchev–Trinajstić information content (AvgIpc) is 2.29. The molecule has 16 heavy (non-hydrogen) atoms. The smallest absolute Gasteiger partial charge is 0.411 e. The number of thiol groups is 1. The van der Waals surface area contributed by atoms with E-state index < -0.39 is 6.09 Å². The van der Waals surface area contributed by atoms with Crippen molar-refractivity contribution in [2.24, 2.45) is 0 Å². The number of ether oxygens (including phenoxy) is 1. The molecule has 1 N–H and O–H groups in total. The fraction of sp³-hybridized carbons (Fsp3) is 0.417. The lowest BCUT2D eigenvalue weighted by atomic mass is 10.2. The standard InChI is InChI=1S/C10H13NO2S.C2H6/c1-8-3-2-4-9(7-8)11-10(12)13-5-6-14;1-2/h2-4,7,14H,5-6H2,1H3,(H,11,12);1-2H3. The second kappa shape index (κ2) is 9.09. The molecule has 1 rings (SSSR count). The van der Waals surface area contributed by atoms with Crippen LogP contribution in [0.5, 0.6) is 0 Å². The van der Waals surface area contributed by atoms with Crippen molar-refractivity contribution in [3.63, 3.8) is 0 Å². The van der Waals surface area contributed by atoms with Gasteiger partial charge in [-0.25, -0.2) is 4.79 Å². The van der Waals surface area contributed by atoms with Crippen molar-refractivity contribution in [1.82, 2.24) is 0 Å². The maximum absolute atomic E-state index is 11.1. The zero-order valence-electron chi connectivity index (χ0n) is 9.99. The normalized spacial score (nSPS) is 8.75. The fourth-order valence-electron chi connectivity index (χ4n) is 1.02. The van der Waals surface area contributed by atoms with Crippen molar-refractivity contribution in [3.8, 4) is 0 Å². The summed E-state index contributed by atoms with van der Waals surface area (Å²) in [6.45, 7) is 6.28. The number of rotatable bonds is 3. The zero-order chi connectivity index (χ0) is 12.4. The molecule has 0 saturated heterocycles. The number of hydrogen-bond acceptors (Lipinski definition) is 3. The molecule has 0 aliphatic heterocycles. The molecule has 0 fully saturated rings. The summed E-state index contributed by atoms with van der Waals surface area (Å²) in [4.78, 5) is 11.1. The lowest BCUT2D eigenvalue weighted by Crippen LogP contribution is -2.14. The van der Waals surface area contributed by atoms with E-state index in [0.717, 1.165) is 11.3 Å². The molecule has 0 aliphatic rings. The average molecular weight is 241 g/mol. The highest BCUT2D eigenvalue weighted by Gasteiger charge is 2.01. The van der Waals surface area contributed by atoms with Gasteiger partial charge in [0.1, 0.15) is 6.61 Å². The number of aryl methyl sites for hydroxylation is 1. The number of anilines is 1. The Morgan fingerprint density at radius 1 is 1.44 bits per heavy atom. The van der Waals surface area contributed by atoms with E-state index in [4.69, 9.17) is 4.74 Å². The molecule has 3 nitrogen and oxygen atoms in total. The molecule has 0 atom stereocenters. The molecule has 0 radical (unpaired) electrons. The zero-order valence-corrected chi connectivity index (χ0v) is 10.9. The highest BCUT2D eigenvalue weighted by Crippen LogP contribution is 2.09. The summed E-state index contributed by atoms with van der Waals surface area (Å²) in [5, 5.41) is 2.62. The van der Waals surface area contributed by atoms with Gasteiger partial charge in [0.2, 0.25) is 0 Å². The molecule has 0 unspecified atom stereocenters. The number of amides is 1. The second-order valence-electron chi connectivity index (χ2n) is 2.85. The van der Waals surface area contributed by atoms with E-state index in [0.29, 0.717) is 12.4 Å². The molecular formula is C12H19NO2S. The molecule has 0 saturated carbocycles. The molecule has 0 spiro atoms. The van der Waals surface area contributed by atoms with Crippen LogP contribution in [0.4, 0.5) is 10.5 Å². The first-order valence-corrected chi connectivity index (χ1v) is 5.97. The van der Waals surface area contributed by atoms with E-state index in [2.05, 4.69) is 17.9 Å². The van der Waals surface area contributed by atoms with Gasteiger partial charge < -0.3 is 4.74 Å². The van der Waals surface area contributed by atoms with Crippen molar-refractivity contribution in [1.29, 1.82) is 0 Å². The van der Waals surface area contributed by atoms with Crippen LogP contribution in [0.15, 0.2) is 24.3 Å². The Balaban J connectivity index is 0.00000106. The lowest BCUT2D eigenvalue weighted by molar-refractivity contribution is 0.169. The Labute approximate surface area is 103 Å². The van der Waals surface area contributed by atoms with Gasteiger partial charge in [-0.1, -0.05) is 26.0 Å². The van der Waals surface area contributed by atoms with E-state index in [1.807, 2.05) is 45.0 Å². The van der Waals surface area contributed by atoms with Crippen LogP contribution in [0, 0.1) is 6.92 Å². The van der Waals surface area contributed by atoms with Gasteiger partial charge in [-0.05, 0) is 24.6 Å². The maximum atomic E-state index is 11.1. The van der Waals surface area contributed by atoms with E-state index in [1.54, 1.807) is 0 Å². The van der Waals surface area contributed by atoms with Gasteiger partial charge in [0.05, 0.1) is 0 Å². The highest BCUT2D eigenvalue weighted by atomic mass is 32.1. The van der Waals surface area contributed by atoms with Gasteiger partial charge in [-0.15, -0.1) is 0 Å². The third-order valence-corrected chi connectivity index (χ3v) is 1.77. The lowest BCUT2D eigenvalue weighted by Gasteiger charge is -2.05. The molecule has 1 aromatic carbocycles. The van der Waals surface area contributed by atoms with Crippen LogP contribution in [0.3, 0.4) is 0 Å². The topological polar surface area (TPSA) is 38.3 Å². The summed E-state index contributed by atoms with van der Waals surface area (Å²) < 4.78 is 4.81. The first-order valence-electron chi connectivity index (χ1n) is 5.33. The van der Waals surface area contributed by atoms with E-state index in [9.17, 15) is 4.79 Å². The Morgan fingerprint density at radius 2 is 2.12 bits per heavy atom. The minimum Gasteiger partial charge on any atom is -0.448 e. The van der Waals surface area contributed by atoms with Crippen LogP contribution in [-0.2, 0) is 4.74 Å². The summed E-state index contributed by atoms with van der Waals surface area (Å²) in [5.74, 6) is 0.529.